The van der Waals surface area contributed by atoms with Gasteiger partial charge in [-0.2, -0.15) is 17.6 Å². The van der Waals surface area contributed by atoms with Crippen molar-refractivity contribution in [3.8, 4) is 11.5 Å². The van der Waals surface area contributed by atoms with Gasteiger partial charge in [0.05, 0.1) is 19.3 Å². The maximum absolute atomic E-state index is 12.3. The molecule has 0 aliphatic rings. The zero-order valence-corrected chi connectivity index (χ0v) is 10.8. The number of benzene rings is 1. The van der Waals surface area contributed by atoms with Gasteiger partial charge in [-0.15, -0.1) is 0 Å². The molecule has 1 aromatic rings. The van der Waals surface area contributed by atoms with E-state index in [0.717, 1.165) is 6.07 Å². The summed E-state index contributed by atoms with van der Waals surface area (Å²) in [5.74, 6) is -0.643. The fourth-order valence-electron chi connectivity index (χ4n) is 1.50. The molecule has 120 valence electrons. The molecule has 0 aliphatic heterocycles. The van der Waals surface area contributed by atoms with Crippen molar-refractivity contribution in [2.45, 2.75) is 25.8 Å². The predicted molar refractivity (Wildman–Crippen MR) is 64.5 cm³/mol. The van der Waals surface area contributed by atoms with Gasteiger partial charge in [0.1, 0.15) is 11.5 Å². The Bertz CT molecular complexity index is 430. The van der Waals surface area contributed by atoms with Crippen LogP contribution in [-0.2, 0) is 6.54 Å². The van der Waals surface area contributed by atoms with E-state index in [1.54, 1.807) is 0 Å². The summed E-state index contributed by atoms with van der Waals surface area (Å²) in [5.41, 5.74) is 0.240. The van der Waals surface area contributed by atoms with Crippen LogP contribution in [0, 0.1) is 0 Å². The van der Waals surface area contributed by atoms with Crippen molar-refractivity contribution in [1.29, 1.82) is 0 Å². The molecule has 0 aromatic heterocycles. The Morgan fingerprint density at radius 1 is 1.00 bits per heavy atom. The second-order valence-corrected chi connectivity index (χ2v) is 3.97. The first kappa shape index (κ1) is 17.5. The van der Waals surface area contributed by atoms with Crippen molar-refractivity contribution in [1.82, 2.24) is 5.32 Å². The zero-order valence-electron chi connectivity index (χ0n) is 10.8. The van der Waals surface area contributed by atoms with Gasteiger partial charge in [-0.25, -0.2) is 0 Å². The van der Waals surface area contributed by atoms with Gasteiger partial charge in [0, 0.05) is 18.2 Å². The summed E-state index contributed by atoms with van der Waals surface area (Å²) >= 11 is 0. The van der Waals surface area contributed by atoms with Gasteiger partial charge >= 0.3 is 13.2 Å². The second kappa shape index (κ2) is 8.65. The summed E-state index contributed by atoms with van der Waals surface area (Å²) in [4.78, 5) is 0. The quantitative estimate of drug-likeness (QED) is 0.600. The van der Waals surface area contributed by atoms with E-state index >= 15 is 0 Å². The molecule has 0 fully saturated rings. The molecule has 0 spiro atoms. The average Bonchev–Trinajstić information content (AvgIpc) is 2.40. The van der Waals surface area contributed by atoms with Crippen LogP contribution in [0.15, 0.2) is 18.2 Å². The molecule has 3 N–H and O–H groups in total. The molecular weight excluding hydrogens is 298 g/mol. The Labute approximate surface area is 118 Å². The van der Waals surface area contributed by atoms with Crippen molar-refractivity contribution in [2.75, 3.05) is 13.2 Å². The lowest BCUT2D eigenvalue weighted by atomic mass is 10.1. The first-order valence-corrected chi connectivity index (χ1v) is 5.94. The molecule has 5 nitrogen and oxygen atoms in total. The molecule has 21 heavy (non-hydrogen) atoms. The van der Waals surface area contributed by atoms with E-state index in [1.807, 2.05) is 0 Å². The number of hydrogen-bond acceptors (Lipinski definition) is 5. The van der Waals surface area contributed by atoms with Gasteiger partial charge in [-0.05, 0) is 6.07 Å². The van der Waals surface area contributed by atoms with E-state index in [0.29, 0.717) is 0 Å². The second-order valence-electron chi connectivity index (χ2n) is 3.97. The van der Waals surface area contributed by atoms with Crippen molar-refractivity contribution in [2.24, 2.45) is 0 Å². The van der Waals surface area contributed by atoms with Gasteiger partial charge in [0.2, 0.25) is 0 Å². The molecule has 0 amide bonds. The molecule has 0 saturated carbocycles. The van der Waals surface area contributed by atoms with Crippen LogP contribution in [-0.4, -0.2) is 42.7 Å². The van der Waals surface area contributed by atoms with Crippen LogP contribution in [0.5, 0.6) is 11.5 Å². The Morgan fingerprint density at radius 3 is 2.14 bits per heavy atom. The molecular formula is C12H15F4NO4. The maximum Gasteiger partial charge on any atom is 0.387 e. The van der Waals surface area contributed by atoms with E-state index in [1.165, 1.54) is 12.1 Å². The molecule has 0 atom stereocenters. The fraction of sp³-hybridized carbons (Fsp3) is 0.500. The minimum Gasteiger partial charge on any atom is -0.435 e. The summed E-state index contributed by atoms with van der Waals surface area (Å²) in [6, 6.07) is 2.73. The van der Waals surface area contributed by atoms with Gasteiger partial charge in [-0.3, -0.25) is 0 Å². The molecule has 0 radical (unpaired) electrons. The van der Waals surface area contributed by atoms with E-state index in [2.05, 4.69) is 14.8 Å². The Kier molecular flexibility index (Phi) is 7.20. The molecule has 0 bridgehead atoms. The summed E-state index contributed by atoms with van der Waals surface area (Å²) < 4.78 is 57.1. The topological polar surface area (TPSA) is 71.0 Å². The minimum atomic E-state index is -3.13. The lowest BCUT2D eigenvalue weighted by Gasteiger charge is -2.16. The van der Waals surface area contributed by atoms with E-state index in [-0.39, 0.29) is 36.8 Å². The third-order valence-electron chi connectivity index (χ3n) is 2.50. The SMILES string of the molecule is OCC(CO)NCc1ccc(OC(F)F)cc1OC(F)F. The van der Waals surface area contributed by atoms with Gasteiger partial charge in [0.25, 0.3) is 0 Å². The van der Waals surface area contributed by atoms with E-state index in [4.69, 9.17) is 10.2 Å². The average molecular weight is 313 g/mol. The highest BCUT2D eigenvalue weighted by atomic mass is 19.3. The molecule has 1 aromatic carbocycles. The first-order chi connectivity index (χ1) is 9.96. The summed E-state index contributed by atoms with van der Waals surface area (Å²) in [7, 11) is 0. The Hall–Kier alpha value is -1.58. The summed E-state index contributed by atoms with van der Waals surface area (Å²) in [5, 5.41) is 20.5. The zero-order chi connectivity index (χ0) is 15.8. The van der Waals surface area contributed by atoms with E-state index < -0.39 is 19.3 Å². The van der Waals surface area contributed by atoms with Crippen molar-refractivity contribution in [3.63, 3.8) is 0 Å². The summed E-state index contributed by atoms with van der Waals surface area (Å²) in [6.07, 6.45) is 0. The number of alkyl halides is 4. The highest BCUT2D eigenvalue weighted by Gasteiger charge is 2.14. The normalized spacial score (nSPS) is 11.5. The van der Waals surface area contributed by atoms with Crippen LogP contribution >= 0.6 is 0 Å². The van der Waals surface area contributed by atoms with Crippen LogP contribution < -0.4 is 14.8 Å². The molecule has 9 heteroatoms. The molecule has 0 unspecified atom stereocenters. The van der Waals surface area contributed by atoms with Crippen LogP contribution in [0.25, 0.3) is 0 Å². The molecule has 0 heterocycles. The third-order valence-corrected chi connectivity index (χ3v) is 2.50. The number of hydrogen-bond donors (Lipinski definition) is 3. The van der Waals surface area contributed by atoms with Crippen molar-refractivity contribution < 1.29 is 37.2 Å². The number of halogens is 4. The number of aliphatic hydroxyl groups excluding tert-OH is 2. The summed E-state index contributed by atoms with van der Waals surface area (Å²) in [6.45, 7) is -6.93. The third kappa shape index (κ3) is 6.15. The number of aliphatic hydroxyl groups is 2. The lowest BCUT2D eigenvalue weighted by Crippen LogP contribution is -2.35. The minimum absolute atomic E-state index is 0.0111. The van der Waals surface area contributed by atoms with Crippen molar-refractivity contribution >= 4 is 0 Å². The van der Waals surface area contributed by atoms with Gasteiger partial charge in [-0.1, -0.05) is 6.07 Å². The van der Waals surface area contributed by atoms with Crippen molar-refractivity contribution in [3.05, 3.63) is 23.8 Å². The van der Waals surface area contributed by atoms with Crippen LogP contribution in [0.2, 0.25) is 0 Å². The molecule has 1 rings (SSSR count). The fourth-order valence-corrected chi connectivity index (χ4v) is 1.50. The van der Waals surface area contributed by atoms with Crippen LogP contribution in [0.1, 0.15) is 5.56 Å². The van der Waals surface area contributed by atoms with Crippen LogP contribution in [0.3, 0.4) is 0 Å². The maximum atomic E-state index is 12.3. The van der Waals surface area contributed by atoms with E-state index in [9.17, 15) is 17.6 Å². The molecule has 0 saturated heterocycles. The predicted octanol–water partition coefficient (Wildman–Crippen LogP) is 1.33. The van der Waals surface area contributed by atoms with Gasteiger partial charge in [0.15, 0.2) is 0 Å². The number of nitrogens with one attached hydrogen (secondary N) is 1. The highest BCUT2D eigenvalue weighted by molar-refractivity contribution is 5.40. The molecule has 0 aliphatic carbocycles. The largest absolute Gasteiger partial charge is 0.435 e. The Morgan fingerprint density at radius 2 is 1.62 bits per heavy atom. The highest BCUT2D eigenvalue weighted by Crippen LogP contribution is 2.27. The first-order valence-electron chi connectivity index (χ1n) is 5.94. The smallest absolute Gasteiger partial charge is 0.387 e. The standard InChI is InChI=1S/C12H15F4NO4/c13-11(14)20-9-2-1-7(4-17-8(5-18)6-19)10(3-9)21-12(15)16/h1-3,8,11-12,17-19H,4-6H2. The van der Waals surface area contributed by atoms with Crippen LogP contribution in [0.4, 0.5) is 17.6 Å². The van der Waals surface area contributed by atoms with Gasteiger partial charge < -0.3 is 25.0 Å². The number of ether oxygens (including phenoxy) is 2. The lowest BCUT2D eigenvalue weighted by molar-refractivity contribution is -0.0547. The Balaban J connectivity index is 2.85. The monoisotopic (exact) mass is 313 g/mol. The number of rotatable bonds is 9.